The Bertz CT molecular complexity index is 885. The van der Waals surface area contributed by atoms with Crippen molar-refractivity contribution in [2.45, 2.75) is 65.4 Å². The topological polar surface area (TPSA) is 40.1 Å². The molecule has 0 rings (SSSR count). The predicted molar refractivity (Wildman–Crippen MR) is 60.5 cm³/mol. The third-order valence-corrected chi connectivity index (χ3v) is 4.16. The van der Waals surface area contributed by atoms with E-state index in [9.17, 15) is 111 Å². The molecule has 0 atom stereocenters. The van der Waals surface area contributed by atoms with Gasteiger partial charge < -0.3 is 9.90 Å². The number of aliphatic carboxylic acids is 1. The minimum absolute atomic E-state index is 0. The van der Waals surface area contributed by atoms with Crippen LogP contribution in [0.5, 0.6) is 0 Å². The maximum absolute atomic E-state index is 13.3. The first kappa shape index (κ1) is 39.0. The molecule has 0 bridgehead atoms. The average Bonchev–Trinajstić information content (AvgIpc) is 2.65. The molecule has 26 heteroatoms. The Morgan fingerprint density at radius 2 is 0.500 bits per heavy atom. The van der Waals surface area contributed by atoms with E-state index in [2.05, 4.69) is 0 Å². The molecule has 0 saturated carbocycles. The van der Waals surface area contributed by atoms with Gasteiger partial charge in [0.25, 0.3) is 0 Å². The molecule has 0 N–H and O–H groups in total. The molecule has 0 aliphatic carbocycles. The van der Waals surface area contributed by atoms with Crippen molar-refractivity contribution in [3.63, 3.8) is 0 Å². The second kappa shape index (κ2) is 9.46. The van der Waals surface area contributed by atoms with Crippen LogP contribution in [-0.4, -0.2) is 71.4 Å². The molecular formula is C12F23NaO2. The minimum atomic E-state index is -9.52. The number of carboxylic acid groups (broad SMARTS) is 1. The van der Waals surface area contributed by atoms with Crippen molar-refractivity contribution in [1.82, 2.24) is 0 Å². The zero-order valence-electron chi connectivity index (χ0n) is 16.5. The summed E-state index contributed by atoms with van der Waals surface area (Å²) in [4.78, 5) is 9.74. The van der Waals surface area contributed by atoms with Crippen LogP contribution in [0.25, 0.3) is 0 Å². The predicted octanol–water partition coefficient (Wildman–Crippen LogP) is 2.66. The summed E-state index contributed by atoms with van der Waals surface area (Å²) in [6.07, 6.45) is -8.14. The summed E-state index contributed by atoms with van der Waals surface area (Å²) in [5, 5.41) is 9.74. The Hall–Kier alpha value is -1.14. The van der Waals surface area contributed by atoms with E-state index < -0.39 is 71.4 Å². The number of halogens is 23. The Morgan fingerprint density at radius 1 is 0.342 bits per heavy atom. The van der Waals surface area contributed by atoms with Gasteiger partial charge in [-0.05, 0) is 0 Å². The molecule has 0 aliphatic heterocycles. The molecule has 0 aromatic carbocycles. The molecule has 0 aromatic heterocycles. The number of hydrogen-bond acceptors (Lipinski definition) is 2. The summed E-state index contributed by atoms with van der Waals surface area (Å²) < 4.78 is 297. The summed E-state index contributed by atoms with van der Waals surface area (Å²) in [6.45, 7) is 0. The van der Waals surface area contributed by atoms with Crippen LogP contribution in [0, 0.1) is 0 Å². The Morgan fingerprint density at radius 3 is 0.658 bits per heavy atom. The van der Waals surface area contributed by atoms with E-state index in [-0.39, 0.29) is 29.6 Å². The van der Waals surface area contributed by atoms with Crippen LogP contribution in [0.4, 0.5) is 101 Å². The molecule has 0 fully saturated rings. The SMILES string of the molecule is O=C([O-])C(F)(F)C(F)(F)C(F)(F)C(F)(F)C(F)(F)C(F)(F)C(F)(F)C(F)(F)C(F)(F)C(F)(F)C(F)(F)F.[Na+]. The van der Waals surface area contributed by atoms with E-state index in [0.29, 0.717) is 0 Å². The van der Waals surface area contributed by atoms with Crippen LogP contribution in [0.1, 0.15) is 0 Å². The maximum atomic E-state index is 13.3. The van der Waals surface area contributed by atoms with Crippen LogP contribution in [0.3, 0.4) is 0 Å². The van der Waals surface area contributed by atoms with Crippen molar-refractivity contribution in [1.29, 1.82) is 0 Å². The molecule has 0 aliphatic rings. The molecule has 38 heavy (non-hydrogen) atoms. The Balaban J connectivity index is 0. The smallest absolute Gasteiger partial charge is 0.544 e. The van der Waals surface area contributed by atoms with Gasteiger partial charge in [0.05, 0.1) is 0 Å². The molecule has 0 heterocycles. The summed E-state index contributed by atoms with van der Waals surface area (Å²) in [7, 11) is 0. The summed E-state index contributed by atoms with van der Waals surface area (Å²) >= 11 is 0. The van der Waals surface area contributed by atoms with E-state index in [1.165, 1.54) is 0 Å². The van der Waals surface area contributed by atoms with E-state index in [1.54, 1.807) is 0 Å². The van der Waals surface area contributed by atoms with E-state index in [4.69, 9.17) is 0 Å². The average molecular weight is 636 g/mol. The zero-order valence-corrected chi connectivity index (χ0v) is 18.5. The fraction of sp³-hybridized carbons (Fsp3) is 0.917. The normalized spacial score (nSPS) is 16.3. The van der Waals surface area contributed by atoms with Gasteiger partial charge in [-0.1, -0.05) is 0 Å². The monoisotopic (exact) mass is 636 g/mol. The molecule has 0 saturated heterocycles. The van der Waals surface area contributed by atoms with Crippen LogP contribution in [0.2, 0.25) is 0 Å². The summed E-state index contributed by atoms with van der Waals surface area (Å²) in [5.41, 5.74) is 0. The van der Waals surface area contributed by atoms with Crippen LogP contribution in [-0.2, 0) is 4.79 Å². The third-order valence-electron chi connectivity index (χ3n) is 4.16. The number of hydrogen-bond donors (Lipinski definition) is 0. The van der Waals surface area contributed by atoms with Crippen molar-refractivity contribution < 1.29 is 140 Å². The molecule has 2 nitrogen and oxygen atoms in total. The van der Waals surface area contributed by atoms with E-state index in [1.807, 2.05) is 0 Å². The van der Waals surface area contributed by atoms with Gasteiger partial charge in [0, 0.05) is 0 Å². The summed E-state index contributed by atoms with van der Waals surface area (Å²) in [5.74, 6) is -95.1. The fourth-order valence-corrected chi connectivity index (χ4v) is 1.88. The van der Waals surface area contributed by atoms with Gasteiger partial charge in [-0.3, -0.25) is 0 Å². The Kier molecular flexibility index (Phi) is 9.71. The first-order chi connectivity index (χ1) is 15.4. The number of carbonyl (C=O) groups is 1. The Labute approximate surface area is 212 Å². The second-order valence-corrected chi connectivity index (χ2v) is 6.53. The number of carboxylic acids is 1. The van der Waals surface area contributed by atoms with E-state index >= 15 is 0 Å². The van der Waals surface area contributed by atoms with Crippen LogP contribution < -0.4 is 34.7 Å². The first-order valence-corrected chi connectivity index (χ1v) is 7.50. The van der Waals surface area contributed by atoms with Crippen LogP contribution in [0.15, 0.2) is 0 Å². The second-order valence-electron chi connectivity index (χ2n) is 6.53. The number of carbonyl (C=O) groups excluding carboxylic acids is 1. The van der Waals surface area contributed by atoms with Gasteiger partial charge in [0.15, 0.2) is 0 Å². The van der Waals surface area contributed by atoms with E-state index in [0.717, 1.165) is 0 Å². The van der Waals surface area contributed by atoms with Gasteiger partial charge in [0.2, 0.25) is 0 Å². The van der Waals surface area contributed by atoms with Gasteiger partial charge in [-0.25, -0.2) is 0 Å². The molecule has 0 aromatic rings. The quantitative estimate of drug-likeness (QED) is 0.274. The maximum Gasteiger partial charge on any atom is 1.00 e. The van der Waals surface area contributed by atoms with Gasteiger partial charge in [0.1, 0.15) is 5.97 Å². The molecule has 0 unspecified atom stereocenters. The molecule has 0 amide bonds. The molecule has 0 spiro atoms. The third kappa shape index (κ3) is 4.44. The zero-order chi connectivity index (χ0) is 31.1. The largest absolute Gasteiger partial charge is 1.00 e. The van der Waals surface area contributed by atoms with Gasteiger partial charge in [-0.15, -0.1) is 0 Å². The molecular weight excluding hydrogens is 636 g/mol. The van der Waals surface area contributed by atoms with Gasteiger partial charge in [-0.2, -0.15) is 101 Å². The number of rotatable bonds is 10. The van der Waals surface area contributed by atoms with Crippen LogP contribution >= 0.6 is 0 Å². The first-order valence-electron chi connectivity index (χ1n) is 7.50. The standard InChI is InChI=1S/C12HF23O2.Na/c13-2(14,1(36)37)3(15,16)4(17,18)5(19,20)6(21,22)7(23,24)8(25,26)9(27,28)10(29,30)11(31,32)12(33,34)35;/h(H,36,37);/q;+1/p-1. The summed E-state index contributed by atoms with van der Waals surface area (Å²) in [6, 6.07) is 0. The molecule has 0 radical (unpaired) electrons. The van der Waals surface area contributed by atoms with Crippen molar-refractivity contribution in [3.8, 4) is 0 Å². The fourth-order valence-electron chi connectivity index (χ4n) is 1.88. The van der Waals surface area contributed by atoms with Gasteiger partial charge >= 0.3 is 95.0 Å². The van der Waals surface area contributed by atoms with Crippen molar-refractivity contribution in [2.24, 2.45) is 0 Å². The van der Waals surface area contributed by atoms with Crippen molar-refractivity contribution >= 4 is 5.97 Å². The molecule has 222 valence electrons. The minimum Gasteiger partial charge on any atom is -0.544 e. The van der Waals surface area contributed by atoms with Crippen molar-refractivity contribution in [2.75, 3.05) is 0 Å². The van der Waals surface area contributed by atoms with Crippen molar-refractivity contribution in [3.05, 3.63) is 0 Å². The number of alkyl halides is 23.